The van der Waals surface area contributed by atoms with Gasteiger partial charge in [0.25, 0.3) is 11.8 Å². The van der Waals surface area contributed by atoms with E-state index in [4.69, 9.17) is 4.74 Å². The van der Waals surface area contributed by atoms with E-state index in [0.29, 0.717) is 33.6 Å². The molecule has 0 saturated carbocycles. The van der Waals surface area contributed by atoms with Gasteiger partial charge in [0.1, 0.15) is 5.75 Å². The van der Waals surface area contributed by atoms with Gasteiger partial charge in [0.05, 0.1) is 10.6 Å². The molecule has 3 aromatic carbocycles. The number of carbonyl (C=O) groups excluding carboxylic acids is 2. The third-order valence-corrected chi connectivity index (χ3v) is 5.17. The molecule has 2 amide bonds. The second-order valence-electron chi connectivity index (χ2n) is 7.23. The van der Waals surface area contributed by atoms with Crippen molar-refractivity contribution in [3.8, 4) is 5.75 Å². The maximum absolute atomic E-state index is 13.0. The molecule has 0 atom stereocenters. The van der Waals surface area contributed by atoms with E-state index in [0.717, 1.165) is 5.69 Å². The van der Waals surface area contributed by atoms with Crippen LogP contribution in [0.25, 0.3) is 0 Å². The number of hydrogen-bond donors (Lipinski definition) is 1. The van der Waals surface area contributed by atoms with Crippen molar-refractivity contribution in [2.75, 3.05) is 16.8 Å². The number of anilines is 2. The normalized spacial score (nSPS) is 10.6. The summed E-state index contributed by atoms with van der Waals surface area (Å²) in [5.41, 5.74) is 2.38. The molecular weight excluding hydrogens is 456 g/mol. The highest BCUT2D eigenvalue weighted by Gasteiger charge is 2.17. The van der Waals surface area contributed by atoms with Gasteiger partial charge in [-0.15, -0.1) is 0 Å². The number of para-hydroxylation sites is 1. The molecule has 0 bridgehead atoms. The molecule has 0 heterocycles. The second kappa shape index (κ2) is 10.3. The van der Waals surface area contributed by atoms with E-state index in [-0.39, 0.29) is 17.9 Å². The van der Waals surface area contributed by atoms with Crippen LogP contribution < -0.4 is 15.0 Å². The Balaban J connectivity index is 1.76. The van der Waals surface area contributed by atoms with Crippen LogP contribution in [0.3, 0.4) is 0 Å². The van der Waals surface area contributed by atoms with Crippen LogP contribution in [0.4, 0.5) is 11.4 Å². The first-order chi connectivity index (χ1) is 14.9. The Morgan fingerprint density at radius 2 is 1.71 bits per heavy atom. The molecule has 0 aromatic heterocycles. The number of nitrogens with zero attached hydrogens (tertiary/aromatic N) is 1. The fourth-order valence-corrected chi connectivity index (χ4v) is 3.60. The van der Waals surface area contributed by atoms with Crippen LogP contribution in [0.1, 0.15) is 41.5 Å². The van der Waals surface area contributed by atoms with Gasteiger partial charge in [-0.1, -0.05) is 24.3 Å². The molecule has 31 heavy (non-hydrogen) atoms. The molecule has 3 rings (SSSR count). The maximum atomic E-state index is 13.0. The van der Waals surface area contributed by atoms with E-state index < -0.39 is 0 Å². The van der Waals surface area contributed by atoms with E-state index >= 15 is 0 Å². The Kier molecular flexibility index (Phi) is 7.47. The first-order valence-corrected chi connectivity index (χ1v) is 10.9. The lowest BCUT2D eigenvalue weighted by molar-refractivity contribution is 0.0985. The first kappa shape index (κ1) is 22.6. The highest BCUT2D eigenvalue weighted by atomic mass is 79.9. The summed E-state index contributed by atoms with van der Waals surface area (Å²) in [7, 11) is 0. The van der Waals surface area contributed by atoms with Crippen molar-refractivity contribution in [3.63, 3.8) is 0 Å². The van der Waals surface area contributed by atoms with Crippen LogP contribution in [0.15, 0.2) is 77.3 Å². The molecule has 0 saturated heterocycles. The standard InChI is InChI=1S/C25H25BrN2O3/c1-4-28(21-11-6-5-7-12-21)25(30)19-9-8-10-20(15-19)27-24(29)18-13-14-23(22(26)16-18)31-17(2)3/h5-17H,4H2,1-3H3,(H,27,29). The molecule has 0 unspecified atom stereocenters. The zero-order valence-corrected chi connectivity index (χ0v) is 19.3. The minimum absolute atomic E-state index is 0.0369. The number of ether oxygens (including phenoxy) is 1. The summed E-state index contributed by atoms with van der Waals surface area (Å²) in [6, 6.07) is 21.7. The Bertz CT molecular complexity index is 1070. The number of carbonyl (C=O) groups is 2. The molecule has 5 nitrogen and oxygen atoms in total. The van der Waals surface area contributed by atoms with Gasteiger partial charge < -0.3 is 15.0 Å². The lowest BCUT2D eigenvalue weighted by Crippen LogP contribution is -2.30. The SMILES string of the molecule is CCN(C(=O)c1cccc(NC(=O)c2ccc(OC(C)C)c(Br)c2)c1)c1ccccc1. The lowest BCUT2D eigenvalue weighted by atomic mass is 10.1. The molecule has 3 aromatic rings. The largest absolute Gasteiger partial charge is 0.490 e. The highest BCUT2D eigenvalue weighted by molar-refractivity contribution is 9.10. The van der Waals surface area contributed by atoms with Crippen molar-refractivity contribution in [2.24, 2.45) is 0 Å². The van der Waals surface area contributed by atoms with Gasteiger partial charge in [0, 0.05) is 29.0 Å². The van der Waals surface area contributed by atoms with Gasteiger partial charge in [-0.05, 0) is 85.2 Å². The molecule has 0 spiro atoms. The van der Waals surface area contributed by atoms with Crippen molar-refractivity contribution in [2.45, 2.75) is 26.9 Å². The number of nitrogens with one attached hydrogen (secondary N) is 1. The summed E-state index contributed by atoms with van der Waals surface area (Å²) in [5, 5.41) is 2.87. The average Bonchev–Trinajstić information content (AvgIpc) is 2.76. The molecule has 0 fully saturated rings. The van der Waals surface area contributed by atoms with Crippen LogP contribution in [-0.4, -0.2) is 24.5 Å². The van der Waals surface area contributed by atoms with Crippen LogP contribution in [0, 0.1) is 0 Å². The monoisotopic (exact) mass is 480 g/mol. The minimum atomic E-state index is -0.267. The van der Waals surface area contributed by atoms with Crippen LogP contribution >= 0.6 is 15.9 Å². The van der Waals surface area contributed by atoms with Gasteiger partial charge in [-0.2, -0.15) is 0 Å². The van der Waals surface area contributed by atoms with Crippen molar-refractivity contribution >= 4 is 39.1 Å². The number of halogens is 1. The number of benzene rings is 3. The maximum Gasteiger partial charge on any atom is 0.258 e. The highest BCUT2D eigenvalue weighted by Crippen LogP contribution is 2.27. The van der Waals surface area contributed by atoms with Gasteiger partial charge in [-0.3, -0.25) is 9.59 Å². The van der Waals surface area contributed by atoms with Crippen molar-refractivity contribution in [1.82, 2.24) is 0 Å². The third kappa shape index (κ3) is 5.73. The zero-order valence-electron chi connectivity index (χ0n) is 17.8. The summed E-state index contributed by atoms with van der Waals surface area (Å²) < 4.78 is 6.40. The smallest absolute Gasteiger partial charge is 0.258 e. The number of rotatable bonds is 7. The number of amides is 2. The van der Waals surface area contributed by atoms with Crippen LogP contribution in [0.5, 0.6) is 5.75 Å². The van der Waals surface area contributed by atoms with Crippen molar-refractivity contribution in [1.29, 1.82) is 0 Å². The molecule has 0 aliphatic heterocycles. The fraction of sp³-hybridized carbons (Fsp3) is 0.200. The predicted octanol–water partition coefficient (Wildman–Crippen LogP) is 6.16. The Hall–Kier alpha value is -3.12. The van der Waals surface area contributed by atoms with Crippen molar-refractivity contribution in [3.05, 3.63) is 88.4 Å². The zero-order chi connectivity index (χ0) is 22.4. The lowest BCUT2D eigenvalue weighted by Gasteiger charge is -2.21. The summed E-state index contributed by atoms with van der Waals surface area (Å²) >= 11 is 3.45. The fourth-order valence-electron chi connectivity index (χ4n) is 3.13. The molecule has 0 aliphatic carbocycles. The second-order valence-corrected chi connectivity index (χ2v) is 8.09. The first-order valence-electron chi connectivity index (χ1n) is 10.1. The Morgan fingerprint density at radius 3 is 2.35 bits per heavy atom. The quantitative estimate of drug-likeness (QED) is 0.440. The topological polar surface area (TPSA) is 58.6 Å². The van der Waals surface area contributed by atoms with Gasteiger partial charge in [-0.25, -0.2) is 0 Å². The van der Waals surface area contributed by atoms with Crippen molar-refractivity contribution < 1.29 is 14.3 Å². The van der Waals surface area contributed by atoms with E-state index in [1.165, 1.54) is 0 Å². The van der Waals surface area contributed by atoms with Crippen LogP contribution in [0.2, 0.25) is 0 Å². The average molecular weight is 481 g/mol. The summed E-state index contributed by atoms with van der Waals surface area (Å²) in [6.45, 7) is 6.36. The van der Waals surface area contributed by atoms with E-state index in [1.807, 2.05) is 51.1 Å². The van der Waals surface area contributed by atoms with E-state index in [1.54, 1.807) is 47.4 Å². The molecule has 1 N–H and O–H groups in total. The summed E-state index contributed by atoms with van der Waals surface area (Å²) in [6.07, 6.45) is 0.0369. The van der Waals surface area contributed by atoms with Gasteiger partial charge in [0.2, 0.25) is 0 Å². The van der Waals surface area contributed by atoms with Crippen LogP contribution in [-0.2, 0) is 0 Å². The molecule has 160 valence electrons. The molecule has 6 heteroatoms. The number of hydrogen-bond acceptors (Lipinski definition) is 3. The molecule has 0 radical (unpaired) electrons. The van der Waals surface area contributed by atoms with Gasteiger partial charge >= 0.3 is 0 Å². The minimum Gasteiger partial charge on any atom is -0.490 e. The Labute approximate surface area is 191 Å². The third-order valence-electron chi connectivity index (χ3n) is 4.55. The summed E-state index contributed by atoms with van der Waals surface area (Å²) in [5.74, 6) is 0.291. The molecular formula is C25H25BrN2O3. The van der Waals surface area contributed by atoms with E-state index in [9.17, 15) is 9.59 Å². The molecule has 0 aliphatic rings. The Morgan fingerprint density at radius 1 is 0.968 bits per heavy atom. The van der Waals surface area contributed by atoms with Gasteiger partial charge in [0.15, 0.2) is 0 Å². The van der Waals surface area contributed by atoms with E-state index in [2.05, 4.69) is 21.2 Å². The predicted molar refractivity (Wildman–Crippen MR) is 128 cm³/mol. The summed E-state index contributed by atoms with van der Waals surface area (Å²) in [4.78, 5) is 27.5.